The predicted octanol–water partition coefficient (Wildman–Crippen LogP) is 7.26. The van der Waals surface area contributed by atoms with E-state index in [9.17, 15) is 92.0 Å². The molecule has 14 N–H and O–H groups in total. The van der Waals surface area contributed by atoms with Gasteiger partial charge in [0.25, 0.3) is 0 Å². The van der Waals surface area contributed by atoms with Gasteiger partial charge in [-0.05, 0) is 77.5 Å². The number of pyridine rings is 2. The molecule has 41 heteroatoms. The van der Waals surface area contributed by atoms with Gasteiger partial charge in [0.05, 0.1) is 50.4 Å². The first-order chi connectivity index (χ1) is 37.3. The number of nitrogen functional groups attached to an aromatic ring is 3. The van der Waals surface area contributed by atoms with Gasteiger partial charge in [-0.15, -0.1) is 5.34 Å². The molecular formula is C44H45BBrClF12N8NaO15S2. The Morgan fingerprint density at radius 1 is 0.812 bits per heavy atom. The molecule has 0 spiro atoms. The number of carbonyl (C=O) groups is 3. The van der Waals surface area contributed by atoms with Crippen molar-refractivity contribution in [2.24, 2.45) is 9.64 Å². The minimum atomic E-state index is -4.96. The van der Waals surface area contributed by atoms with E-state index in [-0.39, 0.29) is 77.9 Å². The minimum absolute atomic E-state index is 0. The van der Waals surface area contributed by atoms with Crippen LogP contribution in [0.25, 0.3) is 21.8 Å². The molecule has 4 aromatic carbocycles. The molecule has 85 heavy (non-hydrogen) atoms. The Balaban J connectivity index is -0.000000463. The number of anilines is 4. The van der Waals surface area contributed by atoms with Crippen molar-refractivity contribution in [2.75, 3.05) is 29.1 Å². The standard InChI is InChI=1S/C10H5BrF3NO2.C10H9F3N2O2.C10H6F3NO2.C6H7ClN2.C6H7F3O3.2CH4.BHNS.HNO2.Na.H2O4S/c11-5-1-2-6-8(9(5)17)4(10(12,13)14)3-7(16)15-6;11-10(12,13)9(17)4-7(16)15-6-3-1-2-5(14)8(6)9;11-10(12,13)5-4-8(16)14-6-2-1-3-7(15)9(5)6;7-4-1-5(8)3-6(9)2-4;1-2-12-5(11)3-4(10)6(7,8)9;;;1-2-3;2-1-3;;1-5(2,3)4/h1-3,17H,(H,15,16);1-3,17H,4,14H2,(H,15,16);1-4,15H,(H,14,16);1-3H,8-9H2;2-3H2,1H3;2*1H4;3H;(H,2,3);;(H2,1,2,3,4)/q;;;;;;;;;+1;/p-1. The zero-order valence-corrected chi connectivity index (χ0v) is 47.3. The maximum Gasteiger partial charge on any atom is 1.00 e. The molecule has 1 amide bonds. The largest absolute Gasteiger partial charge is 1.00 e. The van der Waals surface area contributed by atoms with Crippen LogP contribution < -0.4 is 63.2 Å². The Bertz CT molecular complexity index is 3400. The van der Waals surface area contributed by atoms with Gasteiger partial charge in [0, 0.05) is 45.5 Å². The molecule has 0 bridgehead atoms. The first-order valence-electron chi connectivity index (χ1n) is 20.6. The summed E-state index contributed by atoms with van der Waals surface area (Å²) in [5.41, 5.74) is 9.27. The molecule has 3 heterocycles. The van der Waals surface area contributed by atoms with Crippen LogP contribution in [0, 0.1) is 10.1 Å². The minimum Gasteiger partial charge on any atom is 1.00 e. The fourth-order valence-electron chi connectivity index (χ4n) is 6.03. The number of rotatable bonds is 3. The Hall–Kier alpha value is -6.72. The zero-order chi connectivity index (χ0) is 64.1. The molecule has 1 aliphatic heterocycles. The van der Waals surface area contributed by atoms with E-state index in [1.807, 2.05) is 0 Å². The number of aromatic amines is 2. The molecule has 465 valence electrons. The van der Waals surface area contributed by atoms with Gasteiger partial charge in [-0.2, -0.15) is 61.1 Å². The van der Waals surface area contributed by atoms with Gasteiger partial charge in [-0.25, -0.2) is 0 Å². The Morgan fingerprint density at radius 2 is 1.24 bits per heavy atom. The average molecular weight is 1370 g/mol. The van der Waals surface area contributed by atoms with E-state index in [4.69, 9.17) is 56.4 Å². The van der Waals surface area contributed by atoms with Crippen molar-refractivity contribution in [3.8, 4) is 11.5 Å². The maximum absolute atomic E-state index is 12.9. The molecule has 0 saturated heterocycles. The number of fused-ring (bicyclic) bond motifs is 3. The fourth-order valence-corrected chi connectivity index (χ4v) is 6.62. The summed E-state index contributed by atoms with van der Waals surface area (Å²) in [6.07, 6.45) is -21.6. The van der Waals surface area contributed by atoms with Gasteiger partial charge < -0.3 is 62.7 Å². The van der Waals surface area contributed by atoms with Crippen molar-refractivity contribution in [3.63, 3.8) is 0 Å². The van der Waals surface area contributed by atoms with E-state index >= 15 is 0 Å². The van der Waals surface area contributed by atoms with E-state index in [1.54, 1.807) is 18.2 Å². The zero-order valence-electron chi connectivity index (χ0n) is 41.3. The van der Waals surface area contributed by atoms with Crippen molar-refractivity contribution in [1.82, 2.24) is 9.97 Å². The summed E-state index contributed by atoms with van der Waals surface area (Å²) >= 11 is 11.7. The van der Waals surface area contributed by atoms with Crippen LogP contribution >= 0.6 is 40.3 Å². The molecule has 1 aliphatic rings. The number of H-pyrrole nitrogens is 2. The number of halogens is 14. The van der Waals surface area contributed by atoms with Gasteiger partial charge in [0.2, 0.25) is 22.8 Å². The first kappa shape index (κ1) is 84.7. The second-order valence-electron chi connectivity index (χ2n) is 14.8. The summed E-state index contributed by atoms with van der Waals surface area (Å²) in [6.45, 7) is 1.40. The fraction of sp³-hybridized carbons (Fsp3) is 0.250. The number of thiol groups is 1. The van der Waals surface area contributed by atoms with E-state index < -0.39 is 121 Å². The van der Waals surface area contributed by atoms with E-state index in [1.165, 1.54) is 49.4 Å². The molecular weight excluding hydrogens is 1320 g/mol. The smallest absolute Gasteiger partial charge is 1.00 e. The molecule has 7 rings (SSSR count). The topological polar surface area (TPSA) is 416 Å². The monoisotopic (exact) mass is 1370 g/mol. The number of ether oxygens (including phenoxy) is 1. The predicted molar refractivity (Wildman–Crippen MR) is 291 cm³/mol. The number of amides is 1. The van der Waals surface area contributed by atoms with Gasteiger partial charge in [-0.1, -0.05) is 38.6 Å². The van der Waals surface area contributed by atoms with Crippen LogP contribution in [-0.4, -0.2) is 87.1 Å². The van der Waals surface area contributed by atoms with Crippen LogP contribution in [0.15, 0.2) is 103 Å². The number of ketones is 1. The third-order valence-corrected chi connectivity index (χ3v) is 9.78. The van der Waals surface area contributed by atoms with Crippen molar-refractivity contribution in [2.45, 2.75) is 64.9 Å². The van der Waals surface area contributed by atoms with Crippen LogP contribution in [0.3, 0.4) is 0 Å². The molecule has 0 aliphatic carbocycles. The Labute approximate surface area is 512 Å². The van der Waals surface area contributed by atoms with Crippen LogP contribution in [0.1, 0.15) is 51.3 Å². The second kappa shape index (κ2) is 36.3. The molecule has 6 aromatic rings. The van der Waals surface area contributed by atoms with Crippen LogP contribution in [0.4, 0.5) is 75.4 Å². The third kappa shape index (κ3) is 28.8. The molecule has 0 fully saturated rings. The average Bonchev–Trinajstić information content (AvgIpc) is 3.34. The molecule has 0 saturated carbocycles. The summed E-state index contributed by atoms with van der Waals surface area (Å²) in [5, 5.41) is 39.8. The van der Waals surface area contributed by atoms with Crippen molar-refractivity contribution >= 4 is 121 Å². The van der Waals surface area contributed by atoms with Crippen LogP contribution in [0.2, 0.25) is 5.02 Å². The van der Waals surface area contributed by atoms with Gasteiger partial charge in [-0.3, -0.25) is 33.1 Å². The molecule has 2 aromatic heterocycles. The number of alkyl halides is 12. The number of aromatic hydroxyl groups is 2. The van der Waals surface area contributed by atoms with E-state index in [0.29, 0.717) is 28.5 Å². The summed E-state index contributed by atoms with van der Waals surface area (Å²) in [5.74, 6) is -5.20. The van der Waals surface area contributed by atoms with Gasteiger partial charge >= 0.3 is 95.4 Å². The molecule has 1 unspecified atom stereocenters. The van der Waals surface area contributed by atoms with Crippen LogP contribution in [0.5, 0.6) is 11.5 Å². The first-order valence-corrected chi connectivity index (χ1v) is 23.6. The third-order valence-electron chi connectivity index (χ3n) is 8.93. The number of hydrogen-bond acceptors (Lipinski definition) is 19. The SMILES string of the molecule is C.C.CCOC(=O)CC(=O)C(F)(F)F.Nc1cc(N)cc(Cl)c1.Nc1cccc2c1C(O)(C(F)(F)F)CC(=O)N2.O=N[O-].O=S(=O)(O)O.O=c1cc(C(F)(F)F)c2c(O)c(Br)ccc2[nH]1.O=c1cc(C(F)(F)F)c2c(O)cccc2[nH]1.[B]=NS.[Na+]. The number of phenolic OH excluding ortho intramolecular Hbond substituents is 2. The summed E-state index contributed by atoms with van der Waals surface area (Å²) in [6, 6.07) is 16.2. The quantitative estimate of drug-likeness (QED) is 0.00954. The summed E-state index contributed by atoms with van der Waals surface area (Å²) in [4.78, 5) is 66.3. The maximum atomic E-state index is 12.9. The van der Waals surface area contributed by atoms with Gasteiger partial charge in [0.1, 0.15) is 17.9 Å². The van der Waals surface area contributed by atoms with Crippen molar-refractivity contribution in [3.05, 3.63) is 136 Å². The molecule has 1 radical (unpaired) electrons. The number of nitrogens with one attached hydrogen (secondary N) is 3. The van der Waals surface area contributed by atoms with E-state index in [0.717, 1.165) is 11.4 Å². The number of aliphatic hydroxyl groups is 1. The second-order valence-corrected chi connectivity index (χ2v) is 17.2. The van der Waals surface area contributed by atoms with E-state index in [2.05, 4.69) is 60.7 Å². The molecule has 23 nitrogen and oxygen atoms in total. The van der Waals surface area contributed by atoms with Crippen molar-refractivity contribution in [1.29, 1.82) is 0 Å². The Kier molecular flexibility index (Phi) is 36.2. The van der Waals surface area contributed by atoms with Crippen LogP contribution in [-0.2, 0) is 47.5 Å². The number of phenols is 2. The number of nitrogens with zero attached hydrogens (tertiary/aromatic N) is 2. The van der Waals surface area contributed by atoms with Crippen molar-refractivity contribution < 1.29 is 134 Å². The number of hydrogen-bond donors (Lipinski definition) is 12. The molecule has 1 atom stereocenters. The van der Waals surface area contributed by atoms with Gasteiger partial charge in [0.15, 0.2) is 5.60 Å². The number of Topliss-reactive ketones (excluding diaryl/α,β-unsaturated/α-hetero) is 1. The number of nitrogens with two attached hydrogens (primary N) is 3. The summed E-state index contributed by atoms with van der Waals surface area (Å²) in [7, 11) is -0.330. The number of aromatic nitrogens is 2. The summed E-state index contributed by atoms with van der Waals surface area (Å²) < 4.78 is 188. The number of esters is 1. The number of benzene rings is 4. The normalized spacial score (nSPS) is 13.0. The number of carbonyl (C=O) groups excluding carboxylic acids is 3. The Morgan fingerprint density at radius 3 is 1.64 bits per heavy atom.